The van der Waals surface area contributed by atoms with E-state index in [0.29, 0.717) is 10.8 Å². The van der Waals surface area contributed by atoms with Crippen LogP contribution in [0.25, 0.3) is 0 Å². The van der Waals surface area contributed by atoms with Gasteiger partial charge in [0.2, 0.25) is 0 Å². The topological polar surface area (TPSA) is 67.2 Å². The Labute approximate surface area is 147 Å². The number of hydrogen-bond donors (Lipinski definition) is 2. The molecule has 24 heavy (non-hydrogen) atoms. The monoisotopic (exact) mass is 343 g/mol. The van der Waals surface area contributed by atoms with Crippen LogP contribution in [0.5, 0.6) is 0 Å². The minimum atomic E-state index is -0.426. The van der Waals surface area contributed by atoms with Gasteiger partial charge in [0.1, 0.15) is 0 Å². The summed E-state index contributed by atoms with van der Waals surface area (Å²) in [5.41, 5.74) is 3.26. The molecule has 0 fully saturated rings. The van der Waals surface area contributed by atoms with Gasteiger partial charge in [-0.25, -0.2) is 0 Å². The summed E-state index contributed by atoms with van der Waals surface area (Å²) in [4.78, 5) is 10.2. The number of non-ortho nitro benzene ring substituents is 1. The highest BCUT2D eigenvalue weighted by Gasteiger charge is 2.08. The molecule has 0 aliphatic carbocycles. The number of anilines is 1. The van der Waals surface area contributed by atoms with Crippen molar-refractivity contribution in [2.75, 3.05) is 5.32 Å². The van der Waals surface area contributed by atoms with Crippen molar-refractivity contribution in [1.29, 1.82) is 0 Å². The van der Waals surface area contributed by atoms with Gasteiger partial charge in [-0.3, -0.25) is 10.1 Å². The highest BCUT2D eigenvalue weighted by atomic mass is 32.1. The van der Waals surface area contributed by atoms with Crippen LogP contribution in [-0.2, 0) is 6.42 Å². The minimum absolute atomic E-state index is 0.0555. The molecule has 0 spiro atoms. The van der Waals surface area contributed by atoms with Gasteiger partial charge in [-0.2, -0.15) is 0 Å². The Bertz CT molecular complexity index is 699. The van der Waals surface area contributed by atoms with E-state index < -0.39 is 4.92 Å². The molecule has 2 rings (SSSR count). The smallest absolute Gasteiger partial charge is 0.269 e. The third-order valence-electron chi connectivity index (χ3n) is 3.70. The average Bonchev–Trinajstić information content (AvgIpc) is 2.56. The molecule has 0 bridgehead atoms. The number of nitrogens with zero attached hydrogens (tertiary/aromatic N) is 1. The molecule has 0 saturated heterocycles. The first-order valence-corrected chi connectivity index (χ1v) is 8.31. The van der Waals surface area contributed by atoms with Crippen LogP contribution in [0.4, 0.5) is 11.4 Å². The van der Waals surface area contributed by atoms with Crippen LogP contribution in [0.2, 0.25) is 0 Å². The zero-order chi connectivity index (χ0) is 17.5. The zero-order valence-electron chi connectivity index (χ0n) is 13.8. The number of nitro benzene ring substituents is 1. The number of benzene rings is 2. The number of aryl methyl sites for hydroxylation is 1. The standard InChI is InChI=1S/C18H21N3O2S/c1-3-4-14-5-7-15(8-6-14)13(2)19-18(24)20-16-9-11-17(12-10-16)21(22)23/h5-13H,3-4H2,1-2H3,(H2,19,20,24). The van der Waals surface area contributed by atoms with E-state index in [4.69, 9.17) is 12.2 Å². The Balaban J connectivity index is 1.92. The molecule has 0 aliphatic rings. The second-order valence-corrected chi connectivity index (χ2v) is 6.02. The third kappa shape index (κ3) is 5.03. The van der Waals surface area contributed by atoms with Crippen molar-refractivity contribution in [3.8, 4) is 0 Å². The van der Waals surface area contributed by atoms with Crippen LogP contribution >= 0.6 is 12.2 Å². The first-order valence-electron chi connectivity index (χ1n) is 7.90. The minimum Gasteiger partial charge on any atom is -0.356 e. The summed E-state index contributed by atoms with van der Waals surface area (Å²) in [5, 5.41) is 17.4. The fraction of sp³-hybridized carbons (Fsp3) is 0.278. The maximum Gasteiger partial charge on any atom is 0.269 e. The lowest BCUT2D eigenvalue weighted by Gasteiger charge is -2.17. The van der Waals surface area contributed by atoms with Crippen LogP contribution in [0, 0.1) is 10.1 Å². The lowest BCUT2D eigenvalue weighted by molar-refractivity contribution is -0.384. The Hall–Kier alpha value is -2.47. The molecule has 1 unspecified atom stereocenters. The first kappa shape index (κ1) is 17.9. The van der Waals surface area contributed by atoms with Crippen molar-refractivity contribution in [2.24, 2.45) is 0 Å². The molecule has 1 atom stereocenters. The van der Waals surface area contributed by atoms with E-state index in [1.807, 2.05) is 6.92 Å². The predicted octanol–water partition coefficient (Wildman–Crippen LogP) is 4.59. The van der Waals surface area contributed by atoms with Crippen molar-refractivity contribution >= 4 is 28.7 Å². The highest BCUT2D eigenvalue weighted by Crippen LogP contribution is 2.17. The molecule has 0 radical (unpaired) electrons. The van der Waals surface area contributed by atoms with Crippen molar-refractivity contribution in [3.63, 3.8) is 0 Å². The van der Waals surface area contributed by atoms with E-state index in [2.05, 4.69) is 41.8 Å². The highest BCUT2D eigenvalue weighted by molar-refractivity contribution is 7.80. The number of nitrogens with one attached hydrogen (secondary N) is 2. The summed E-state index contributed by atoms with van der Waals surface area (Å²) in [6.07, 6.45) is 2.22. The van der Waals surface area contributed by atoms with Crippen LogP contribution in [0.15, 0.2) is 48.5 Å². The third-order valence-corrected chi connectivity index (χ3v) is 3.92. The van der Waals surface area contributed by atoms with E-state index in [1.165, 1.54) is 17.7 Å². The summed E-state index contributed by atoms with van der Waals surface area (Å²) in [7, 11) is 0. The van der Waals surface area contributed by atoms with Crippen molar-refractivity contribution in [1.82, 2.24) is 5.32 Å². The molecular weight excluding hydrogens is 322 g/mol. The molecule has 0 aliphatic heterocycles. The summed E-state index contributed by atoms with van der Waals surface area (Å²) in [6, 6.07) is 14.7. The molecule has 0 aromatic heterocycles. The molecule has 6 heteroatoms. The lowest BCUT2D eigenvalue weighted by Crippen LogP contribution is -2.30. The van der Waals surface area contributed by atoms with Crippen molar-refractivity contribution in [3.05, 3.63) is 69.8 Å². The Morgan fingerprint density at radius 3 is 2.33 bits per heavy atom. The number of hydrogen-bond acceptors (Lipinski definition) is 3. The maximum absolute atomic E-state index is 10.6. The van der Waals surface area contributed by atoms with E-state index >= 15 is 0 Å². The van der Waals surface area contributed by atoms with Gasteiger partial charge in [0.15, 0.2) is 5.11 Å². The van der Waals surface area contributed by atoms with Gasteiger partial charge in [0, 0.05) is 17.8 Å². The summed E-state index contributed by atoms with van der Waals surface area (Å²) < 4.78 is 0. The maximum atomic E-state index is 10.6. The lowest BCUT2D eigenvalue weighted by atomic mass is 10.0. The van der Waals surface area contributed by atoms with E-state index in [0.717, 1.165) is 18.4 Å². The van der Waals surface area contributed by atoms with Gasteiger partial charge < -0.3 is 10.6 Å². The SMILES string of the molecule is CCCc1ccc(C(C)NC(=S)Nc2ccc([N+](=O)[O-])cc2)cc1. The number of nitro groups is 1. The van der Waals surface area contributed by atoms with Crippen molar-refractivity contribution in [2.45, 2.75) is 32.7 Å². The van der Waals surface area contributed by atoms with Crippen molar-refractivity contribution < 1.29 is 4.92 Å². The van der Waals surface area contributed by atoms with Gasteiger partial charge in [-0.05, 0) is 48.8 Å². The number of rotatable bonds is 6. The second kappa shape index (κ2) is 8.40. The Kier molecular flexibility index (Phi) is 6.26. The molecule has 2 aromatic rings. The molecule has 2 N–H and O–H groups in total. The van der Waals surface area contributed by atoms with Gasteiger partial charge in [0.25, 0.3) is 5.69 Å². The Morgan fingerprint density at radius 2 is 1.79 bits per heavy atom. The molecule has 0 saturated carbocycles. The zero-order valence-corrected chi connectivity index (χ0v) is 14.6. The summed E-state index contributed by atoms with van der Waals surface area (Å²) in [5.74, 6) is 0. The van der Waals surface area contributed by atoms with Gasteiger partial charge >= 0.3 is 0 Å². The fourth-order valence-corrected chi connectivity index (χ4v) is 2.67. The first-order chi connectivity index (χ1) is 11.5. The molecule has 126 valence electrons. The van der Waals surface area contributed by atoms with Gasteiger partial charge in [-0.15, -0.1) is 0 Å². The number of thiocarbonyl (C=S) groups is 1. The molecule has 2 aromatic carbocycles. The molecule has 0 heterocycles. The average molecular weight is 343 g/mol. The Morgan fingerprint density at radius 1 is 1.17 bits per heavy atom. The van der Waals surface area contributed by atoms with E-state index in [1.54, 1.807) is 12.1 Å². The van der Waals surface area contributed by atoms with Crippen LogP contribution < -0.4 is 10.6 Å². The van der Waals surface area contributed by atoms with Crippen LogP contribution in [0.1, 0.15) is 37.4 Å². The fourth-order valence-electron chi connectivity index (χ4n) is 2.38. The van der Waals surface area contributed by atoms with E-state index in [-0.39, 0.29) is 11.7 Å². The second-order valence-electron chi connectivity index (χ2n) is 5.62. The molecular formula is C18H21N3O2S. The van der Waals surface area contributed by atoms with Gasteiger partial charge in [0.05, 0.1) is 11.0 Å². The quantitative estimate of drug-likeness (QED) is 0.456. The summed E-state index contributed by atoms with van der Waals surface area (Å²) >= 11 is 5.31. The van der Waals surface area contributed by atoms with Gasteiger partial charge in [-0.1, -0.05) is 37.6 Å². The predicted molar refractivity (Wildman–Crippen MR) is 101 cm³/mol. The normalized spacial score (nSPS) is 11.6. The summed E-state index contributed by atoms with van der Waals surface area (Å²) in [6.45, 7) is 4.21. The van der Waals surface area contributed by atoms with Crippen LogP contribution in [0.3, 0.4) is 0 Å². The van der Waals surface area contributed by atoms with Crippen LogP contribution in [-0.4, -0.2) is 10.0 Å². The molecule has 0 amide bonds. The van der Waals surface area contributed by atoms with E-state index in [9.17, 15) is 10.1 Å². The molecule has 5 nitrogen and oxygen atoms in total. The largest absolute Gasteiger partial charge is 0.356 e.